The molecule has 2 rings (SSSR count). The van der Waals surface area contributed by atoms with Gasteiger partial charge in [0.05, 0.1) is 16.9 Å². The average Bonchev–Trinajstić information content (AvgIpc) is 2.68. The van der Waals surface area contributed by atoms with Crippen LogP contribution in [-0.2, 0) is 9.53 Å². The molecule has 1 aromatic carbocycles. The van der Waals surface area contributed by atoms with E-state index < -0.39 is 16.7 Å². The Labute approximate surface area is 99.6 Å². The number of Topliss-reactive ketones (excluding diaryl/α,β-unsaturated/α-hetero) is 1. The van der Waals surface area contributed by atoms with Gasteiger partial charge in [0, 0.05) is 0 Å². The maximum atomic E-state index is 11.7. The molecule has 6 heteroatoms. The molecule has 0 N–H and O–H groups in total. The van der Waals surface area contributed by atoms with E-state index >= 15 is 0 Å². The lowest BCUT2D eigenvalue weighted by atomic mass is 10.1. The maximum Gasteiger partial charge on any atom is 0.396 e. The third-order valence-corrected chi connectivity index (χ3v) is 2.85. The number of fused-ring (bicyclic) bond motifs is 1. The van der Waals surface area contributed by atoms with E-state index in [0.717, 1.165) is 11.3 Å². The number of ketones is 1. The zero-order valence-corrected chi connectivity index (χ0v) is 9.71. The Hall–Kier alpha value is -1.95. The van der Waals surface area contributed by atoms with Crippen LogP contribution in [0.2, 0.25) is 0 Å². The van der Waals surface area contributed by atoms with Gasteiger partial charge in [-0.2, -0.15) is 0 Å². The summed E-state index contributed by atoms with van der Waals surface area (Å²) >= 11 is 0.882. The van der Waals surface area contributed by atoms with Gasteiger partial charge in [-0.1, -0.05) is 17.4 Å². The van der Waals surface area contributed by atoms with Gasteiger partial charge in [0.2, 0.25) is 0 Å². The molecule has 0 bridgehead atoms. The predicted molar refractivity (Wildman–Crippen MR) is 61.3 cm³/mol. The average molecular weight is 252 g/mol. The van der Waals surface area contributed by atoms with Crippen LogP contribution in [0.4, 0.5) is 0 Å². The van der Waals surface area contributed by atoms with Crippen molar-refractivity contribution in [2.75, 3.05) is 6.61 Å². The van der Waals surface area contributed by atoms with Crippen molar-refractivity contribution >= 4 is 33.4 Å². The van der Waals surface area contributed by atoms with E-state index in [1.54, 1.807) is 19.1 Å². The highest BCUT2D eigenvalue weighted by atomic mass is 32.1. The Morgan fingerprint density at radius 2 is 2.18 bits per heavy atom. The van der Waals surface area contributed by atoms with Crippen LogP contribution in [0.5, 0.6) is 0 Å². The van der Waals surface area contributed by atoms with Gasteiger partial charge in [0.25, 0.3) is 5.78 Å². The molecular formula is C11H8O5S. The third kappa shape index (κ3) is 2.12. The van der Waals surface area contributed by atoms with E-state index in [9.17, 15) is 14.4 Å². The number of rotatable bonds is 3. The lowest BCUT2D eigenvalue weighted by Crippen LogP contribution is -2.17. The number of carbonyl (C=O) groups is 2. The molecule has 0 atom stereocenters. The van der Waals surface area contributed by atoms with Crippen molar-refractivity contribution in [1.29, 1.82) is 0 Å². The van der Waals surface area contributed by atoms with E-state index in [-0.39, 0.29) is 17.8 Å². The predicted octanol–water partition coefficient (Wildman–Crippen LogP) is 1.60. The molecule has 0 aliphatic heterocycles. The normalized spacial score (nSPS) is 10.4. The number of hydrogen-bond acceptors (Lipinski definition) is 6. The summed E-state index contributed by atoms with van der Waals surface area (Å²) < 4.78 is 10.0. The summed E-state index contributed by atoms with van der Waals surface area (Å²) in [4.78, 5) is 33.6. The molecule has 0 aliphatic carbocycles. The van der Waals surface area contributed by atoms with Crippen LogP contribution in [0.25, 0.3) is 10.3 Å². The van der Waals surface area contributed by atoms with Gasteiger partial charge < -0.3 is 9.15 Å². The monoisotopic (exact) mass is 252 g/mol. The van der Waals surface area contributed by atoms with Crippen LogP contribution in [0.15, 0.2) is 27.4 Å². The number of benzene rings is 1. The second-order valence-electron chi connectivity index (χ2n) is 3.14. The van der Waals surface area contributed by atoms with Gasteiger partial charge >= 0.3 is 10.9 Å². The van der Waals surface area contributed by atoms with Crippen LogP contribution < -0.4 is 4.94 Å². The number of hydrogen-bond donors (Lipinski definition) is 0. The summed E-state index contributed by atoms with van der Waals surface area (Å²) in [6.45, 7) is 1.73. The first-order valence-electron chi connectivity index (χ1n) is 4.87. The van der Waals surface area contributed by atoms with E-state index in [2.05, 4.69) is 4.74 Å². The Bertz CT molecular complexity index is 637. The van der Waals surface area contributed by atoms with Crippen molar-refractivity contribution < 1.29 is 18.7 Å². The van der Waals surface area contributed by atoms with Crippen LogP contribution >= 0.6 is 11.3 Å². The molecule has 0 amide bonds. The Kier molecular flexibility index (Phi) is 3.06. The maximum absolute atomic E-state index is 11.7. The minimum absolute atomic E-state index is 0.0549. The van der Waals surface area contributed by atoms with Crippen molar-refractivity contribution in [3.8, 4) is 0 Å². The molecule has 0 saturated heterocycles. The van der Waals surface area contributed by atoms with Crippen molar-refractivity contribution in [2.45, 2.75) is 6.92 Å². The summed E-state index contributed by atoms with van der Waals surface area (Å²) in [7, 11) is 0. The van der Waals surface area contributed by atoms with Crippen molar-refractivity contribution in [2.24, 2.45) is 0 Å². The number of para-hydroxylation sites is 1. The largest absolute Gasteiger partial charge is 0.460 e. The quantitative estimate of drug-likeness (QED) is 0.471. The van der Waals surface area contributed by atoms with Crippen molar-refractivity contribution in [3.63, 3.8) is 0 Å². The fourth-order valence-electron chi connectivity index (χ4n) is 1.38. The fourth-order valence-corrected chi connectivity index (χ4v) is 2.08. The van der Waals surface area contributed by atoms with E-state index in [1.807, 2.05) is 0 Å². The standard InChI is InChI=1S/C11H8O5S/c1-2-15-10(13)8(12)6-4-3-5-7-9(6)16-11(14)17-7/h3-5H,2H2,1H3. The summed E-state index contributed by atoms with van der Waals surface area (Å²) in [6, 6.07) is 4.66. The van der Waals surface area contributed by atoms with Gasteiger partial charge in [0.15, 0.2) is 5.58 Å². The first-order chi connectivity index (χ1) is 8.13. The number of carbonyl (C=O) groups excluding carboxylic acids is 2. The first-order valence-corrected chi connectivity index (χ1v) is 5.69. The lowest BCUT2D eigenvalue weighted by Gasteiger charge is -2.00. The molecule has 88 valence electrons. The SMILES string of the molecule is CCOC(=O)C(=O)c1cccc2sc(=O)oc12. The van der Waals surface area contributed by atoms with Crippen molar-refractivity contribution in [1.82, 2.24) is 0 Å². The number of esters is 1. The van der Waals surface area contributed by atoms with Gasteiger partial charge in [-0.05, 0) is 19.1 Å². The minimum atomic E-state index is -0.950. The van der Waals surface area contributed by atoms with Crippen LogP contribution in [0.3, 0.4) is 0 Å². The Balaban J connectivity index is 2.51. The van der Waals surface area contributed by atoms with E-state index in [0.29, 0.717) is 4.70 Å². The van der Waals surface area contributed by atoms with Crippen LogP contribution in [0, 0.1) is 0 Å². The third-order valence-electron chi connectivity index (χ3n) is 2.06. The van der Waals surface area contributed by atoms with Gasteiger partial charge in [-0.3, -0.25) is 4.79 Å². The first kappa shape index (κ1) is 11.5. The molecule has 1 heterocycles. The van der Waals surface area contributed by atoms with Crippen LogP contribution in [0.1, 0.15) is 17.3 Å². The molecular weight excluding hydrogens is 244 g/mol. The van der Waals surface area contributed by atoms with E-state index in [1.165, 1.54) is 6.07 Å². The molecule has 2 aromatic rings. The Morgan fingerprint density at radius 3 is 2.88 bits per heavy atom. The molecule has 0 radical (unpaired) electrons. The van der Waals surface area contributed by atoms with E-state index in [4.69, 9.17) is 4.42 Å². The number of ether oxygens (including phenoxy) is 1. The molecule has 0 fully saturated rings. The smallest absolute Gasteiger partial charge is 0.396 e. The van der Waals surface area contributed by atoms with Gasteiger partial charge in [-0.25, -0.2) is 9.59 Å². The minimum Gasteiger partial charge on any atom is -0.460 e. The zero-order valence-electron chi connectivity index (χ0n) is 8.89. The van der Waals surface area contributed by atoms with Crippen LogP contribution in [-0.4, -0.2) is 18.4 Å². The van der Waals surface area contributed by atoms with Gasteiger partial charge in [-0.15, -0.1) is 0 Å². The highest BCUT2D eigenvalue weighted by molar-refractivity contribution is 7.16. The molecule has 5 nitrogen and oxygen atoms in total. The molecule has 0 unspecified atom stereocenters. The zero-order chi connectivity index (χ0) is 12.4. The lowest BCUT2D eigenvalue weighted by molar-refractivity contribution is -0.137. The second kappa shape index (κ2) is 4.50. The molecule has 0 spiro atoms. The fraction of sp³-hybridized carbons (Fsp3) is 0.182. The van der Waals surface area contributed by atoms with Crippen molar-refractivity contribution in [3.05, 3.63) is 33.5 Å². The molecule has 0 saturated carbocycles. The topological polar surface area (TPSA) is 73.6 Å². The highest BCUT2D eigenvalue weighted by Gasteiger charge is 2.22. The molecule has 1 aromatic heterocycles. The summed E-state index contributed by atoms with van der Waals surface area (Å²) in [6.07, 6.45) is 0. The molecule has 17 heavy (non-hydrogen) atoms. The second-order valence-corrected chi connectivity index (χ2v) is 4.11. The summed E-state index contributed by atoms with van der Waals surface area (Å²) in [5, 5.41) is 0. The summed E-state index contributed by atoms with van der Waals surface area (Å²) in [5.41, 5.74) is 0.194. The highest BCUT2D eigenvalue weighted by Crippen LogP contribution is 2.21. The molecule has 0 aliphatic rings. The van der Waals surface area contributed by atoms with Gasteiger partial charge in [0.1, 0.15) is 0 Å². The Morgan fingerprint density at radius 1 is 1.41 bits per heavy atom. The summed E-state index contributed by atoms with van der Waals surface area (Å²) in [5.74, 6) is -1.76.